The zero-order valence-electron chi connectivity index (χ0n) is 8.66. The summed E-state index contributed by atoms with van der Waals surface area (Å²) in [7, 11) is 0. The lowest BCUT2D eigenvalue weighted by Crippen LogP contribution is -2.32. The first-order valence-corrected chi connectivity index (χ1v) is 4.95. The molecule has 3 heteroatoms. The lowest BCUT2D eigenvalue weighted by atomic mass is 10.2. The quantitative estimate of drug-likeness (QED) is 0.792. The van der Waals surface area contributed by atoms with E-state index >= 15 is 0 Å². The molecule has 0 saturated heterocycles. The Labute approximate surface area is 84.6 Å². The summed E-state index contributed by atoms with van der Waals surface area (Å²) in [5, 5.41) is 2.93. The standard InChI is InChI=1S/C11H16N2O/c1-3-4-9(2)13-11(14)10-5-7-12-8-6-10/h5-9H,3-4H2,1-2H3,(H,13,14). The molecule has 0 spiro atoms. The molecule has 0 bridgehead atoms. The van der Waals surface area contributed by atoms with Crippen LogP contribution in [0.25, 0.3) is 0 Å². The maximum atomic E-state index is 11.6. The Balaban J connectivity index is 2.51. The summed E-state index contributed by atoms with van der Waals surface area (Å²) in [5.41, 5.74) is 0.669. The van der Waals surface area contributed by atoms with E-state index in [1.807, 2.05) is 6.92 Å². The van der Waals surface area contributed by atoms with E-state index in [9.17, 15) is 4.79 Å². The first-order valence-electron chi connectivity index (χ1n) is 4.95. The van der Waals surface area contributed by atoms with Gasteiger partial charge in [-0.15, -0.1) is 0 Å². The van der Waals surface area contributed by atoms with Gasteiger partial charge in [-0.05, 0) is 25.5 Å². The van der Waals surface area contributed by atoms with Crippen molar-refractivity contribution >= 4 is 5.91 Å². The van der Waals surface area contributed by atoms with E-state index in [2.05, 4.69) is 17.2 Å². The van der Waals surface area contributed by atoms with Gasteiger partial charge in [-0.25, -0.2) is 0 Å². The second kappa shape index (κ2) is 5.37. The van der Waals surface area contributed by atoms with Crippen LogP contribution < -0.4 is 5.32 Å². The molecule has 0 aliphatic heterocycles. The van der Waals surface area contributed by atoms with Crippen LogP contribution in [-0.2, 0) is 0 Å². The highest BCUT2D eigenvalue weighted by molar-refractivity contribution is 5.94. The number of hydrogen-bond acceptors (Lipinski definition) is 2. The van der Waals surface area contributed by atoms with Gasteiger partial charge < -0.3 is 5.32 Å². The van der Waals surface area contributed by atoms with Crippen LogP contribution >= 0.6 is 0 Å². The predicted octanol–water partition coefficient (Wildman–Crippen LogP) is 2.00. The van der Waals surface area contributed by atoms with E-state index in [4.69, 9.17) is 0 Å². The number of nitrogens with zero attached hydrogens (tertiary/aromatic N) is 1. The average molecular weight is 192 g/mol. The lowest BCUT2D eigenvalue weighted by molar-refractivity contribution is 0.0938. The Bertz CT molecular complexity index is 285. The van der Waals surface area contributed by atoms with E-state index in [1.165, 1.54) is 0 Å². The molecule has 1 amide bonds. The van der Waals surface area contributed by atoms with Crippen molar-refractivity contribution in [3.8, 4) is 0 Å². The maximum Gasteiger partial charge on any atom is 0.251 e. The van der Waals surface area contributed by atoms with Gasteiger partial charge in [0.25, 0.3) is 5.91 Å². The third-order valence-electron chi connectivity index (χ3n) is 2.04. The van der Waals surface area contributed by atoms with Gasteiger partial charge in [0.2, 0.25) is 0 Å². The van der Waals surface area contributed by atoms with Gasteiger partial charge in [0.15, 0.2) is 0 Å². The number of rotatable bonds is 4. The molecule has 0 fully saturated rings. The molecule has 1 aromatic heterocycles. The van der Waals surface area contributed by atoms with Crippen molar-refractivity contribution in [2.24, 2.45) is 0 Å². The minimum absolute atomic E-state index is 0.0200. The molecule has 1 aromatic rings. The molecule has 1 atom stereocenters. The Kier molecular flexibility index (Phi) is 4.11. The molecule has 3 nitrogen and oxygen atoms in total. The fourth-order valence-corrected chi connectivity index (χ4v) is 1.32. The number of aromatic nitrogens is 1. The normalized spacial score (nSPS) is 12.1. The van der Waals surface area contributed by atoms with Crippen LogP contribution in [0.1, 0.15) is 37.0 Å². The Morgan fingerprint density at radius 3 is 2.71 bits per heavy atom. The van der Waals surface area contributed by atoms with Crippen LogP contribution in [0, 0.1) is 0 Å². The molecular formula is C11H16N2O. The van der Waals surface area contributed by atoms with E-state index in [1.54, 1.807) is 24.5 Å². The van der Waals surface area contributed by atoms with E-state index in [0.29, 0.717) is 5.56 Å². The first kappa shape index (κ1) is 10.7. The highest BCUT2D eigenvalue weighted by Crippen LogP contribution is 1.99. The van der Waals surface area contributed by atoms with Crippen molar-refractivity contribution in [1.29, 1.82) is 0 Å². The van der Waals surface area contributed by atoms with Crippen LogP contribution in [0.2, 0.25) is 0 Å². The number of carbonyl (C=O) groups is 1. The van der Waals surface area contributed by atoms with Crippen molar-refractivity contribution in [3.05, 3.63) is 30.1 Å². The fourth-order valence-electron chi connectivity index (χ4n) is 1.32. The fraction of sp³-hybridized carbons (Fsp3) is 0.455. The molecular weight excluding hydrogens is 176 g/mol. The van der Waals surface area contributed by atoms with Gasteiger partial charge in [0.1, 0.15) is 0 Å². The molecule has 14 heavy (non-hydrogen) atoms. The third-order valence-corrected chi connectivity index (χ3v) is 2.04. The number of pyridine rings is 1. The van der Waals surface area contributed by atoms with Crippen molar-refractivity contribution < 1.29 is 4.79 Å². The topological polar surface area (TPSA) is 42.0 Å². The summed E-state index contributed by atoms with van der Waals surface area (Å²) in [6.07, 6.45) is 5.34. The van der Waals surface area contributed by atoms with Gasteiger partial charge >= 0.3 is 0 Å². The second-order valence-electron chi connectivity index (χ2n) is 3.40. The summed E-state index contributed by atoms with van der Waals surface area (Å²) < 4.78 is 0. The van der Waals surface area contributed by atoms with Crippen molar-refractivity contribution in [2.45, 2.75) is 32.7 Å². The molecule has 0 radical (unpaired) electrons. The molecule has 1 unspecified atom stereocenters. The summed E-state index contributed by atoms with van der Waals surface area (Å²) >= 11 is 0. The highest BCUT2D eigenvalue weighted by Gasteiger charge is 2.07. The summed E-state index contributed by atoms with van der Waals surface area (Å²) in [6, 6.07) is 3.67. The van der Waals surface area contributed by atoms with Crippen LogP contribution in [0.4, 0.5) is 0 Å². The molecule has 0 aliphatic rings. The van der Waals surface area contributed by atoms with Gasteiger partial charge in [-0.2, -0.15) is 0 Å². The Hall–Kier alpha value is -1.38. The monoisotopic (exact) mass is 192 g/mol. The molecule has 1 rings (SSSR count). The van der Waals surface area contributed by atoms with E-state index < -0.39 is 0 Å². The predicted molar refractivity (Wildman–Crippen MR) is 56.1 cm³/mol. The van der Waals surface area contributed by atoms with Crippen LogP contribution in [-0.4, -0.2) is 16.9 Å². The smallest absolute Gasteiger partial charge is 0.251 e. The molecule has 76 valence electrons. The zero-order valence-corrected chi connectivity index (χ0v) is 8.66. The molecule has 0 aliphatic carbocycles. The molecule has 1 N–H and O–H groups in total. The first-order chi connectivity index (χ1) is 6.74. The van der Waals surface area contributed by atoms with Gasteiger partial charge in [-0.3, -0.25) is 9.78 Å². The van der Waals surface area contributed by atoms with Gasteiger partial charge in [0, 0.05) is 24.0 Å². The number of carbonyl (C=O) groups excluding carboxylic acids is 1. The Morgan fingerprint density at radius 2 is 2.14 bits per heavy atom. The SMILES string of the molecule is CCCC(C)NC(=O)c1ccncc1. The van der Waals surface area contributed by atoms with Gasteiger partial charge in [-0.1, -0.05) is 13.3 Å². The largest absolute Gasteiger partial charge is 0.350 e. The Morgan fingerprint density at radius 1 is 1.50 bits per heavy atom. The van der Waals surface area contributed by atoms with E-state index in [0.717, 1.165) is 12.8 Å². The molecule has 1 heterocycles. The number of nitrogens with one attached hydrogen (secondary N) is 1. The van der Waals surface area contributed by atoms with Crippen LogP contribution in [0.15, 0.2) is 24.5 Å². The maximum absolute atomic E-state index is 11.6. The zero-order chi connectivity index (χ0) is 10.4. The third kappa shape index (κ3) is 3.17. The van der Waals surface area contributed by atoms with Crippen molar-refractivity contribution in [2.75, 3.05) is 0 Å². The minimum Gasteiger partial charge on any atom is -0.350 e. The van der Waals surface area contributed by atoms with Crippen LogP contribution in [0.3, 0.4) is 0 Å². The van der Waals surface area contributed by atoms with E-state index in [-0.39, 0.29) is 11.9 Å². The summed E-state index contributed by atoms with van der Waals surface area (Å²) in [6.45, 7) is 4.12. The minimum atomic E-state index is -0.0200. The summed E-state index contributed by atoms with van der Waals surface area (Å²) in [4.78, 5) is 15.5. The second-order valence-corrected chi connectivity index (χ2v) is 3.40. The highest BCUT2D eigenvalue weighted by atomic mass is 16.1. The lowest BCUT2D eigenvalue weighted by Gasteiger charge is -2.12. The molecule has 0 aromatic carbocycles. The number of amides is 1. The van der Waals surface area contributed by atoms with Crippen molar-refractivity contribution in [1.82, 2.24) is 10.3 Å². The summed E-state index contributed by atoms with van der Waals surface area (Å²) in [5.74, 6) is -0.0200. The van der Waals surface area contributed by atoms with Gasteiger partial charge in [0.05, 0.1) is 0 Å². The number of hydrogen-bond donors (Lipinski definition) is 1. The molecule has 0 saturated carbocycles. The average Bonchev–Trinajstić information content (AvgIpc) is 2.19. The van der Waals surface area contributed by atoms with Crippen molar-refractivity contribution in [3.63, 3.8) is 0 Å². The van der Waals surface area contributed by atoms with Crippen LogP contribution in [0.5, 0.6) is 0 Å².